The molecule has 2 heterocycles. The van der Waals surface area contributed by atoms with Gasteiger partial charge in [0.05, 0.1) is 0 Å². The van der Waals surface area contributed by atoms with Crippen LogP contribution in [0.25, 0.3) is 0 Å². The lowest BCUT2D eigenvalue weighted by Gasteiger charge is -2.29. The predicted molar refractivity (Wildman–Crippen MR) is 178 cm³/mol. The lowest BCUT2D eigenvalue weighted by atomic mass is 9.89. The highest BCUT2D eigenvalue weighted by atomic mass is 16.1. The van der Waals surface area contributed by atoms with E-state index < -0.39 is 0 Å². The van der Waals surface area contributed by atoms with Gasteiger partial charge in [-0.1, -0.05) is 43.0 Å². The highest BCUT2D eigenvalue weighted by Crippen LogP contribution is 2.31. The Morgan fingerprint density at radius 2 is 1.73 bits per heavy atom. The second-order valence-electron chi connectivity index (χ2n) is 11.1. The Kier molecular flexibility index (Phi) is 9.99. The molecule has 0 unspecified atom stereocenters. The first kappa shape index (κ1) is 30.4. The summed E-state index contributed by atoms with van der Waals surface area (Å²) in [6.45, 7) is 6.24. The number of likely N-dealkylation sites (tertiary alicyclic amines) is 1. The van der Waals surface area contributed by atoms with Crippen molar-refractivity contribution in [2.24, 2.45) is 0 Å². The van der Waals surface area contributed by atoms with Gasteiger partial charge in [-0.25, -0.2) is 4.98 Å². The molecule has 2 N–H and O–H groups in total. The van der Waals surface area contributed by atoms with Gasteiger partial charge in [-0.15, -0.1) is 0 Å². The number of nitrogens with zero attached hydrogens (tertiary/aromatic N) is 5. The molecule has 226 valence electrons. The molecule has 0 radical (unpaired) electrons. The molecule has 2 amide bonds. The van der Waals surface area contributed by atoms with Gasteiger partial charge in [0, 0.05) is 48.1 Å². The molecule has 9 nitrogen and oxygen atoms in total. The van der Waals surface area contributed by atoms with Crippen LogP contribution in [0.15, 0.2) is 97.7 Å². The molecule has 44 heavy (non-hydrogen) atoms. The van der Waals surface area contributed by atoms with Crippen molar-refractivity contribution >= 4 is 46.8 Å². The van der Waals surface area contributed by atoms with E-state index in [4.69, 9.17) is 4.98 Å². The molecule has 1 aliphatic heterocycles. The summed E-state index contributed by atoms with van der Waals surface area (Å²) in [6.07, 6.45) is 6.78. The minimum Gasteiger partial charge on any atom is -0.329 e. The van der Waals surface area contributed by atoms with Crippen LogP contribution >= 0.6 is 0 Å². The first-order valence-electron chi connectivity index (χ1n) is 14.9. The van der Waals surface area contributed by atoms with Crippen molar-refractivity contribution in [3.05, 3.63) is 109 Å². The summed E-state index contributed by atoms with van der Waals surface area (Å²) in [6, 6.07) is 25.6. The third-order valence-electron chi connectivity index (χ3n) is 8.04. The summed E-state index contributed by atoms with van der Waals surface area (Å²) in [5.74, 6) is 1.46. The van der Waals surface area contributed by atoms with Crippen molar-refractivity contribution in [2.45, 2.75) is 25.2 Å². The lowest BCUT2D eigenvalue weighted by molar-refractivity contribution is -0.112. The summed E-state index contributed by atoms with van der Waals surface area (Å²) in [4.78, 5) is 39.5. The summed E-state index contributed by atoms with van der Waals surface area (Å²) in [7, 11) is 4.11. The van der Waals surface area contributed by atoms with E-state index in [1.807, 2.05) is 72.7 Å². The third-order valence-corrected chi connectivity index (χ3v) is 8.04. The average Bonchev–Trinajstić information content (AvgIpc) is 3.06. The number of carbonyl (C=O) groups excluding carboxylic acids is 2. The number of amides is 2. The molecule has 1 saturated heterocycles. The van der Waals surface area contributed by atoms with Crippen LogP contribution in [0.5, 0.6) is 0 Å². The van der Waals surface area contributed by atoms with E-state index in [0.29, 0.717) is 36.3 Å². The van der Waals surface area contributed by atoms with Gasteiger partial charge in [0.1, 0.15) is 5.82 Å². The Balaban J connectivity index is 1.39. The van der Waals surface area contributed by atoms with Crippen LogP contribution in [-0.4, -0.2) is 60.9 Å². The number of rotatable bonds is 12. The Morgan fingerprint density at radius 1 is 1.00 bits per heavy atom. The number of piperidine rings is 1. The maximum atomic E-state index is 11.9. The van der Waals surface area contributed by atoms with Crippen LogP contribution in [0.3, 0.4) is 0 Å². The van der Waals surface area contributed by atoms with Gasteiger partial charge in [0.25, 0.3) is 0 Å². The number of benzene rings is 3. The molecule has 5 rings (SSSR count). The Hall–Kier alpha value is -5.02. The van der Waals surface area contributed by atoms with Gasteiger partial charge in [-0.05, 0) is 99.4 Å². The molecule has 1 fully saturated rings. The standard InChI is InChI=1S/C35H39N7O2/c1-4-33(44)37-30-9-8-12-32(23-30)41(3)34-28(19-22-42(25-43)31-10-6-5-7-11-31)24-36-35(39-34)38-29-15-13-26(14-16-29)27-17-20-40(2)21-18-27/h4-16,23-25,27H,1,17-22H2,2-3H3,(H,37,44)(H,36,38,39). The molecular weight excluding hydrogens is 550 g/mol. The van der Waals surface area contributed by atoms with Crippen molar-refractivity contribution in [1.82, 2.24) is 14.9 Å². The zero-order valence-corrected chi connectivity index (χ0v) is 25.3. The second-order valence-corrected chi connectivity index (χ2v) is 11.1. The van der Waals surface area contributed by atoms with Gasteiger partial charge in [-0.2, -0.15) is 4.98 Å². The number of aromatic nitrogens is 2. The SMILES string of the molecule is C=CC(=O)Nc1cccc(N(C)c2nc(Nc3ccc(C4CCN(C)CC4)cc3)ncc2CCN(C=O)c2ccccc2)c1. The van der Waals surface area contributed by atoms with Gasteiger partial charge in [0.2, 0.25) is 18.3 Å². The largest absolute Gasteiger partial charge is 0.329 e. The molecule has 3 aromatic carbocycles. The zero-order valence-electron chi connectivity index (χ0n) is 25.3. The molecule has 0 saturated carbocycles. The minimum atomic E-state index is -0.282. The van der Waals surface area contributed by atoms with E-state index in [9.17, 15) is 9.59 Å². The van der Waals surface area contributed by atoms with E-state index in [0.717, 1.165) is 42.1 Å². The van der Waals surface area contributed by atoms with E-state index >= 15 is 0 Å². The second kappa shape index (κ2) is 14.4. The number of anilines is 6. The van der Waals surface area contributed by atoms with Crippen molar-refractivity contribution < 1.29 is 9.59 Å². The lowest BCUT2D eigenvalue weighted by Crippen LogP contribution is -2.29. The Bertz CT molecular complexity index is 1570. The summed E-state index contributed by atoms with van der Waals surface area (Å²) in [5.41, 5.74) is 5.45. The van der Waals surface area contributed by atoms with Crippen LogP contribution in [0.2, 0.25) is 0 Å². The van der Waals surface area contributed by atoms with E-state index in [1.165, 1.54) is 24.5 Å². The fourth-order valence-corrected chi connectivity index (χ4v) is 5.45. The number of carbonyl (C=O) groups is 2. The molecule has 1 aromatic heterocycles. The van der Waals surface area contributed by atoms with Crippen molar-refractivity contribution in [3.8, 4) is 0 Å². The van der Waals surface area contributed by atoms with Gasteiger partial charge >= 0.3 is 0 Å². The fraction of sp³-hybridized carbons (Fsp3) is 0.257. The van der Waals surface area contributed by atoms with E-state index in [2.05, 4.69) is 58.4 Å². The summed E-state index contributed by atoms with van der Waals surface area (Å²) in [5, 5.41) is 6.19. The number of hydrogen-bond acceptors (Lipinski definition) is 7. The molecule has 0 bridgehead atoms. The van der Waals surface area contributed by atoms with Crippen LogP contribution < -0.4 is 20.4 Å². The summed E-state index contributed by atoms with van der Waals surface area (Å²) < 4.78 is 0. The Labute approximate surface area is 259 Å². The average molecular weight is 590 g/mol. The van der Waals surface area contributed by atoms with Crippen LogP contribution in [-0.2, 0) is 16.0 Å². The molecule has 0 atom stereocenters. The fourth-order valence-electron chi connectivity index (χ4n) is 5.45. The van der Waals surface area contributed by atoms with Gasteiger partial charge in [0.15, 0.2) is 0 Å². The number of nitrogens with one attached hydrogen (secondary N) is 2. The topological polar surface area (TPSA) is 93.7 Å². The van der Waals surface area contributed by atoms with E-state index in [1.54, 1.807) is 4.90 Å². The zero-order chi connectivity index (χ0) is 30.9. The van der Waals surface area contributed by atoms with E-state index in [-0.39, 0.29) is 5.91 Å². The molecule has 1 aliphatic rings. The molecule has 9 heteroatoms. The first-order chi connectivity index (χ1) is 21.4. The maximum Gasteiger partial charge on any atom is 0.247 e. The van der Waals surface area contributed by atoms with Crippen molar-refractivity contribution in [2.75, 3.05) is 54.2 Å². The molecule has 0 aliphatic carbocycles. The highest BCUT2D eigenvalue weighted by molar-refractivity contribution is 5.99. The van der Waals surface area contributed by atoms with Crippen LogP contribution in [0.1, 0.15) is 29.9 Å². The molecular formula is C35H39N7O2. The van der Waals surface area contributed by atoms with Crippen molar-refractivity contribution in [3.63, 3.8) is 0 Å². The number of hydrogen-bond donors (Lipinski definition) is 2. The summed E-state index contributed by atoms with van der Waals surface area (Å²) >= 11 is 0. The maximum absolute atomic E-state index is 11.9. The monoisotopic (exact) mass is 589 g/mol. The Morgan fingerprint density at radius 3 is 2.43 bits per heavy atom. The quantitative estimate of drug-likeness (QED) is 0.152. The van der Waals surface area contributed by atoms with Crippen molar-refractivity contribution in [1.29, 1.82) is 0 Å². The molecule has 0 spiro atoms. The predicted octanol–water partition coefficient (Wildman–Crippen LogP) is 6.13. The minimum absolute atomic E-state index is 0.282. The van der Waals surface area contributed by atoms with Crippen LogP contribution in [0.4, 0.5) is 34.5 Å². The third kappa shape index (κ3) is 7.67. The van der Waals surface area contributed by atoms with Crippen LogP contribution in [0, 0.1) is 0 Å². The first-order valence-corrected chi connectivity index (χ1v) is 14.9. The van der Waals surface area contributed by atoms with Gasteiger partial charge < -0.3 is 25.3 Å². The number of para-hydroxylation sites is 1. The molecule has 4 aromatic rings. The normalized spacial score (nSPS) is 13.6. The van der Waals surface area contributed by atoms with Gasteiger partial charge in [-0.3, -0.25) is 9.59 Å². The smallest absolute Gasteiger partial charge is 0.247 e. The highest BCUT2D eigenvalue weighted by Gasteiger charge is 2.19.